The highest BCUT2D eigenvalue weighted by atomic mass is 79.9. The number of para-hydroxylation sites is 1. The highest BCUT2D eigenvalue weighted by molar-refractivity contribution is 9.10. The number of carboxylic acid groups (broad SMARTS) is 1. The number of aliphatic carboxylic acids is 1. The van der Waals surface area contributed by atoms with Crippen molar-refractivity contribution in [2.45, 2.75) is 0 Å². The van der Waals surface area contributed by atoms with Gasteiger partial charge in [-0.1, -0.05) is 23.7 Å². The Bertz CT molecular complexity index is 768. The van der Waals surface area contributed by atoms with Crippen molar-refractivity contribution < 1.29 is 19.4 Å². The molecule has 6 nitrogen and oxygen atoms in total. The third kappa shape index (κ3) is 4.87. The van der Waals surface area contributed by atoms with Gasteiger partial charge in [0.25, 0.3) is 0 Å². The second-order valence-electron chi connectivity index (χ2n) is 4.57. The third-order valence-electron chi connectivity index (χ3n) is 2.86. The highest BCUT2D eigenvalue weighted by Gasteiger charge is 2.12. The predicted molar refractivity (Wildman–Crippen MR) is 96.5 cm³/mol. The topological polar surface area (TPSA) is 80.1 Å². The van der Waals surface area contributed by atoms with Crippen molar-refractivity contribution in [3.8, 4) is 11.5 Å². The van der Waals surface area contributed by atoms with Gasteiger partial charge in [-0.3, -0.25) is 5.43 Å². The quantitative estimate of drug-likeness (QED) is 0.529. The van der Waals surface area contributed by atoms with Crippen LogP contribution in [-0.4, -0.2) is 31.0 Å². The number of hydrogen-bond donors (Lipinski definition) is 2. The molecule has 8 heteroatoms. The van der Waals surface area contributed by atoms with E-state index in [0.717, 1.165) is 5.56 Å². The van der Waals surface area contributed by atoms with Crippen molar-refractivity contribution in [2.75, 3.05) is 19.1 Å². The van der Waals surface area contributed by atoms with E-state index in [2.05, 4.69) is 26.5 Å². The summed E-state index contributed by atoms with van der Waals surface area (Å²) in [5.74, 6) is -0.362. The van der Waals surface area contributed by atoms with Crippen LogP contribution in [0.1, 0.15) is 5.56 Å². The molecule has 126 valence electrons. The Morgan fingerprint density at radius 3 is 2.83 bits per heavy atom. The lowest BCUT2D eigenvalue weighted by Crippen LogP contribution is -2.10. The van der Waals surface area contributed by atoms with Crippen LogP contribution in [0.4, 0.5) is 5.69 Å². The van der Waals surface area contributed by atoms with Gasteiger partial charge in [0, 0.05) is 0 Å². The summed E-state index contributed by atoms with van der Waals surface area (Å²) in [5, 5.41) is 13.4. The van der Waals surface area contributed by atoms with Gasteiger partial charge in [0.1, 0.15) is 0 Å². The van der Waals surface area contributed by atoms with Crippen LogP contribution in [0.15, 0.2) is 46.0 Å². The monoisotopic (exact) mass is 412 g/mol. The molecule has 24 heavy (non-hydrogen) atoms. The van der Waals surface area contributed by atoms with Crippen molar-refractivity contribution in [1.82, 2.24) is 0 Å². The number of carbonyl (C=O) groups is 1. The van der Waals surface area contributed by atoms with Crippen molar-refractivity contribution in [3.05, 3.63) is 51.5 Å². The summed E-state index contributed by atoms with van der Waals surface area (Å²) in [4.78, 5) is 10.6. The van der Waals surface area contributed by atoms with E-state index in [0.29, 0.717) is 26.7 Å². The van der Waals surface area contributed by atoms with Crippen LogP contribution in [0.3, 0.4) is 0 Å². The largest absolute Gasteiger partial charge is 0.493 e. The Kier molecular flexibility index (Phi) is 6.45. The van der Waals surface area contributed by atoms with Gasteiger partial charge >= 0.3 is 5.97 Å². The normalized spacial score (nSPS) is 10.6. The van der Waals surface area contributed by atoms with E-state index in [1.807, 2.05) is 12.1 Å². The van der Waals surface area contributed by atoms with Gasteiger partial charge in [-0.25, -0.2) is 4.79 Å². The molecule has 0 atom stereocenters. The summed E-state index contributed by atoms with van der Waals surface area (Å²) in [6.45, 7) is -0.462. The van der Waals surface area contributed by atoms with E-state index in [1.165, 1.54) is 7.11 Å². The maximum absolute atomic E-state index is 10.6. The van der Waals surface area contributed by atoms with E-state index < -0.39 is 12.6 Å². The molecule has 0 saturated heterocycles. The van der Waals surface area contributed by atoms with Crippen molar-refractivity contribution >= 4 is 45.4 Å². The summed E-state index contributed by atoms with van der Waals surface area (Å²) in [5.41, 5.74) is 4.25. The van der Waals surface area contributed by atoms with Gasteiger partial charge < -0.3 is 14.6 Å². The lowest BCUT2D eigenvalue weighted by molar-refractivity contribution is -0.139. The number of nitrogens with one attached hydrogen (secondary N) is 1. The summed E-state index contributed by atoms with van der Waals surface area (Å²) >= 11 is 9.37. The van der Waals surface area contributed by atoms with Crippen molar-refractivity contribution in [3.63, 3.8) is 0 Å². The fourth-order valence-electron chi connectivity index (χ4n) is 1.82. The van der Waals surface area contributed by atoms with E-state index in [-0.39, 0.29) is 0 Å². The summed E-state index contributed by atoms with van der Waals surface area (Å²) in [7, 11) is 1.47. The minimum atomic E-state index is -1.07. The van der Waals surface area contributed by atoms with Gasteiger partial charge in [0.2, 0.25) is 0 Å². The number of anilines is 1. The summed E-state index contributed by atoms with van der Waals surface area (Å²) < 4.78 is 11.0. The zero-order valence-corrected chi connectivity index (χ0v) is 15.0. The number of methoxy groups -OCH3 is 1. The molecule has 0 aliphatic rings. The van der Waals surface area contributed by atoms with Gasteiger partial charge in [-0.05, 0) is 45.8 Å². The molecule has 0 unspecified atom stereocenters. The molecule has 0 spiro atoms. The van der Waals surface area contributed by atoms with E-state index in [1.54, 1.807) is 30.5 Å². The minimum absolute atomic E-state index is 0.316. The summed E-state index contributed by atoms with van der Waals surface area (Å²) in [6, 6.07) is 10.6. The van der Waals surface area contributed by atoms with E-state index in [9.17, 15) is 4.79 Å². The van der Waals surface area contributed by atoms with Gasteiger partial charge in [-0.15, -0.1) is 0 Å². The van der Waals surface area contributed by atoms with Gasteiger partial charge in [0.15, 0.2) is 18.1 Å². The first-order valence-electron chi connectivity index (χ1n) is 6.77. The molecule has 0 saturated carbocycles. The molecule has 0 bridgehead atoms. The zero-order valence-electron chi connectivity index (χ0n) is 12.6. The Morgan fingerprint density at radius 2 is 2.17 bits per heavy atom. The molecule has 0 fully saturated rings. The lowest BCUT2D eigenvalue weighted by atomic mass is 10.2. The number of benzene rings is 2. The predicted octanol–water partition coefficient (Wildman–Crippen LogP) is 4.02. The molecule has 2 rings (SSSR count). The smallest absolute Gasteiger partial charge is 0.341 e. The minimum Gasteiger partial charge on any atom is -0.493 e. The van der Waals surface area contributed by atoms with Crippen molar-refractivity contribution in [1.29, 1.82) is 0 Å². The standard InChI is InChI=1S/C16H14BrClN2O4/c1-23-14-7-10(6-11(17)16(14)24-9-15(21)22)8-19-20-13-5-3-2-4-12(13)18/h2-8,20H,9H2,1H3,(H,21,22)/b19-8-. The lowest BCUT2D eigenvalue weighted by Gasteiger charge is -2.12. The Labute approximate surface area is 152 Å². The molecule has 0 radical (unpaired) electrons. The average Bonchev–Trinajstić information content (AvgIpc) is 2.55. The molecule has 0 heterocycles. The Balaban J connectivity index is 2.16. The fourth-order valence-corrected chi connectivity index (χ4v) is 2.57. The number of carboxylic acids is 1. The van der Waals surface area contributed by atoms with Gasteiger partial charge in [0.05, 0.1) is 28.5 Å². The van der Waals surface area contributed by atoms with Crippen LogP contribution in [-0.2, 0) is 4.79 Å². The maximum Gasteiger partial charge on any atom is 0.341 e. The highest BCUT2D eigenvalue weighted by Crippen LogP contribution is 2.36. The second kappa shape index (κ2) is 8.56. The number of nitrogens with zero attached hydrogens (tertiary/aromatic N) is 1. The van der Waals surface area contributed by atoms with E-state index >= 15 is 0 Å². The number of hydrazone groups is 1. The first-order valence-corrected chi connectivity index (χ1v) is 7.94. The summed E-state index contributed by atoms with van der Waals surface area (Å²) in [6.07, 6.45) is 1.58. The second-order valence-corrected chi connectivity index (χ2v) is 5.83. The number of halogens is 2. The van der Waals surface area contributed by atoms with Crippen LogP contribution in [0.25, 0.3) is 0 Å². The number of ether oxygens (including phenoxy) is 2. The Hall–Kier alpha value is -2.25. The van der Waals surface area contributed by atoms with Crippen LogP contribution in [0, 0.1) is 0 Å². The molecule has 2 aromatic rings. The van der Waals surface area contributed by atoms with Crippen molar-refractivity contribution in [2.24, 2.45) is 5.10 Å². The fraction of sp³-hybridized carbons (Fsp3) is 0.125. The number of hydrogen-bond acceptors (Lipinski definition) is 5. The molecular weight excluding hydrogens is 400 g/mol. The molecule has 0 aromatic heterocycles. The molecule has 0 aliphatic heterocycles. The van der Waals surface area contributed by atoms with E-state index in [4.69, 9.17) is 26.2 Å². The van der Waals surface area contributed by atoms with Crippen LogP contribution >= 0.6 is 27.5 Å². The van der Waals surface area contributed by atoms with Gasteiger partial charge in [-0.2, -0.15) is 5.10 Å². The average molecular weight is 414 g/mol. The maximum atomic E-state index is 10.6. The molecule has 2 aromatic carbocycles. The first-order chi connectivity index (χ1) is 11.5. The molecule has 0 amide bonds. The zero-order chi connectivity index (χ0) is 17.5. The molecule has 0 aliphatic carbocycles. The first kappa shape index (κ1) is 18.1. The van der Waals surface area contributed by atoms with Crippen LogP contribution in [0.2, 0.25) is 5.02 Å². The molecule has 2 N–H and O–H groups in total. The van der Waals surface area contributed by atoms with Crippen LogP contribution in [0.5, 0.6) is 11.5 Å². The molecular formula is C16H14BrClN2O4. The Morgan fingerprint density at radius 1 is 1.42 bits per heavy atom. The number of rotatable bonds is 7. The third-order valence-corrected chi connectivity index (χ3v) is 3.78. The van der Waals surface area contributed by atoms with Crippen LogP contribution < -0.4 is 14.9 Å². The SMILES string of the molecule is COc1cc(/C=N\Nc2ccccc2Cl)cc(Br)c1OCC(=O)O.